The first-order chi connectivity index (χ1) is 9.72. The third kappa shape index (κ3) is 5.47. The van der Waals surface area contributed by atoms with Crippen molar-refractivity contribution in [1.29, 1.82) is 0 Å². The maximum atomic E-state index is 14.2. The summed E-state index contributed by atoms with van der Waals surface area (Å²) < 4.78 is 24.8. The molecule has 4 heteroatoms. The van der Waals surface area contributed by atoms with Crippen LogP contribution in [-0.4, -0.2) is 32.9 Å². The van der Waals surface area contributed by atoms with Gasteiger partial charge in [0, 0.05) is 12.6 Å². The molecule has 0 aliphatic heterocycles. The molecule has 0 radical (unpaired) electrons. The molecular formula is C16H26FNO2. The Bertz CT molecular complexity index is 385. The summed E-state index contributed by atoms with van der Waals surface area (Å²) in [5, 5.41) is 3.41. The zero-order valence-electron chi connectivity index (χ0n) is 12.7. The van der Waals surface area contributed by atoms with E-state index in [1.807, 2.05) is 6.07 Å². The predicted molar refractivity (Wildman–Crippen MR) is 79.8 cm³/mol. The van der Waals surface area contributed by atoms with Crippen molar-refractivity contribution in [1.82, 2.24) is 5.32 Å². The van der Waals surface area contributed by atoms with Gasteiger partial charge in [-0.2, -0.15) is 0 Å². The van der Waals surface area contributed by atoms with Gasteiger partial charge in [-0.25, -0.2) is 4.39 Å². The van der Waals surface area contributed by atoms with Gasteiger partial charge in [-0.3, -0.25) is 0 Å². The van der Waals surface area contributed by atoms with Crippen molar-refractivity contribution in [2.24, 2.45) is 0 Å². The molecule has 20 heavy (non-hydrogen) atoms. The maximum absolute atomic E-state index is 14.2. The lowest BCUT2D eigenvalue weighted by Crippen LogP contribution is -2.36. The number of halogens is 1. The van der Waals surface area contributed by atoms with Crippen molar-refractivity contribution in [2.45, 2.75) is 39.2 Å². The van der Waals surface area contributed by atoms with Crippen molar-refractivity contribution >= 4 is 0 Å². The second-order valence-electron chi connectivity index (χ2n) is 4.86. The van der Waals surface area contributed by atoms with E-state index in [0.717, 1.165) is 26.0 Å². The number of methoxy groups -OCH3 is 1. The summed E-state index contributed by atoms with van der Waals surface area (Å²) in [6, 6.07) is 5.39. The van der Waals surface area contributed by atoms with Crippen molar-refractivity contribution in [3.8, 4) is 5.75 Å². The van der Waals surface area contributed by atoms with Gasteiger partial charge in [-0.05, 0) is 37.4 Å². The summed E-state index contributed by atoms with van der Waals surface area (Å²) in [6.07, 6.45) is 2.64. The number of hydrogen-bond acceptors (Lipinski definition) is 3. The molecule has 1 aromatic carbocycles. The maximum Gasteiger partial charge on any atom is 0.168 e. The van der Waals surface area contributed by atoms with Gasteiger partial charge in [-0.15, -0.1) is 0 Å². The Kier molecular flexibility index (Phi) is 8.23. The molecule has 1 unspecified atom stereocenters. The van der Waals surface area contributed by atoms with Crippen LogP contribution < -0.4 is 10.1 Å². The van der Waals surface area contributed by atoms with E-state index >= 15 is 0 Å². The van der Waals surface area contributed by atoms with Crippen LogP contribution >= 0.6 is 0 Å². The number of ether oxygens (including phenoxy) is 2. The van der Waals surface area contributed by atoms with Gasteiger partial charge in [0.15, 0.2) is 11.6 Å². The van der Waals surface area contributed by atoms with Gasteiger partial charge < -0.3 is 14.8 Å². The Morgan fingerprint density at radius 3 is 2.70 bits per heavy atom. The van der Waals surface area contributed by atoms with E-state index in [-0.39, 0.29) is 11.9 Å². The summed E-state index contributed by atoms with van der Waals surface area (Å²) in [5.74, 6) is 0.0278. The summed E-state index contributed by atoms with van der Waals surface area (Å²) >= 11 is 0. The zero-order valence-corrected chi connectivity index (χ0v) is 12.7. The highest BCUT2D eigenvalue weighted by Crippen LogP contribution is 2.21. The van der Waals surface area contributed by atoms with E-state index in [9.17, 15) is 4.39 Å². The van der Waals surface area contributed by atoms with E-state index in [2.05, 4.69) is 19.2 Å². The molecule has 0 aromatic heterocycles. The summed E-state index contributed by atoms with van der Waals surface area (Å²) in [7, 11) is 1.49. The van der Waals surface area contributed by atoms with Crippen LogP contribution in [0.3, 0.4) is 0 Å². The Morgan fingerprint density at radius 2 is 2.05 bits per heavy atom. The van der Waals surface area contributed by atoms with Crippen LogP contribution in [0, 0.1) is 5.82 Å². The number of benzene rings is 1. The van der Waals surface area contributed by atoms with Crippen LogP contribution in [0.2, 0.25) is 0 Å². The predicted octanol–water partition coefficient (Wildman–Crippen LogP) is 3.17. The van der Waals surface area contributed by atoms with Crippen LogP contribution in [0.5, 0.6) is 5.75 Å². The quantitative estimate of drug-likeness (QED) is 0.669. The normalized spacial score (nSPS) is 12.4. The third-order valence-electron chi connectivity index (χ3n) is 3.08. The Morgan fingerprint density at radius 1 is 1.25 bits per heavy atom. The first-order valence-corrected chi connectivity index (χ1v) is 7.35. The van der Waals surface area contributed by atoms with E-state index < -0.39 is 0 Å². The largest absolute Gasteiger partial charge is 0.494 e. The van der Waals surface area contributed by atoms with Crippen LogP contribution in [0.4, 0.5) is 4.39 Å². The highest BCUT2D eigenvalue weighted by molar-refractivity contribution is 5.31. The average molecular weight is 283 g/mol. The second-order valence-corrected chi connectivity index (χ2v) is 4.86. The molecule has 114 valence electrons. The molecule has 0 spiro atoms. The fourth-order valence-electron chi connectivity index (χ4n) is 2.05. The Hall–Kier alpha value is -1.13. The molecule has 0 aliphatic carbocycles. The van der Waals surface area contributed by atoms with E-state index in [0.29, 0.717) is 24.3 Å². The van der Waals surface area contributed by atoms with Crippen molar-refractivity contribution < 1.29 is 13.9 Å². The Labute approximate surface area is 121 Å². The van der Waals surface area contributed by atoms with Gasteiger partial charge in [0.1, 0.15) is 0 Å². The molecule has 1 rings (SSSR count). The minimum atomic E-state index is -0.270. The van der Waals surface area contributed by atoms with Crippen LogP contribution in [0.25, 0.3) is 0 Å². The smallest absolute Gasteiger partial charge is 0.168 e. The van der Waals surface area contributed by atoms with E-state index in [1.54, 1.807) is 12.1 Å². The van der Waals surface area contributed by atoms with Gasteiger partial charge in [0.05, 0.1) is 13.7 Å². The topological polar surface area (TPSA) is 30.5 Å². The highest BCUT2D eigenvalue weighted by Gasteiger charge is 2.14. The molecule has 0 bridgehead atoms. The van der Waals surface area contributed by atoms with Crippen LogP contribution in [-0.2, 0) is 11.2 Å². The molecule has 1 atom stereocenters. The van der Waals surface area contributed by atoms with Crippen molar-refractivity contribution in [3.63, 3.8) is 0 Å². The molecule has 0 heterocycles. The van der Waals surface area contributed by atoms with Crippen LogP contribution in [0.15, 0.2) is 18.2 Å². The fourth-order valence-corrected chi connectivity index (χ4v) is 2.05. The fraction of sp³-hybridized carbons (Fsp3) is 0.625. The molecule has 0 amide bonds. The molecular weight excluding hydrogens is 257 g/mol. The molecule has 0 aliphatic rings. The highest BCUT2D eigenvalue weighted by atomic mass is 19.1. The minimum Gasteiger partial charge on any atom is -0.494 e. The molecule has 0 saturated carbocycles. The number of nitrogens with one attached hydrogen (secondary N) is 1. The first-order valence-electron chi connectivity index (χ1n) is 7.35. The number of rotatable bonds is 10. The van der Waals surface area contributed by atoms with Gasteiger partial charge in [-0.1, -0.05) is 26.0 Å². The van der Waals surface area contributed by atoms with Crippen molar-refractivity contribution in [3.05, 3.63) is 29.6 Å². The lowest BCUT2D eigenvalue weighted by atomic mass is 10.1. The SMILES string of the molecule is CCCNC(COCCC)Cc1cccc(OC)c1F. The second kappa shape index (κ2) is 9.72. The van der Waals surface area contributed by atoms with Crippen LogP contribution in [0.1, 0.15) is 32.3 Å². The van der Waals surface area contributed by atoms with E-state index in [1.165, 1.54) is 7.11 Å². The number of hydrogen-bond donors (Lipinski definition) is 1. The van der Waals surface area contributed by atoms with Gasteiger partial charge >= 0.3 is 0 Å². The van der Waals surface area contributed by atoms with Crippen molar-refractivity contribution in [2.75, 3.05) is 26.9 Å². The van der Waals surface area contributed by atoms with Gasteiger partial charge in [0.2, 0.25) is 0 Å². The zero-order chi connectivity index (χ0) is 14.8. The minimum absolute atomic E-state index is 0.128. The third-order valence-corrected chi connectivity index (χ3v) is 3.08. The average Bonchev–Trinajstić information content (AvgIpc) is 2.46. The summed E-state index contributed by atoms with van der Waals surface area (Å²) in [5.41, 5.74) is 0.665. The van der Waals surface area contributed by atoms with E-state index in [4.69, 9.17) is 9.47 Å². The monoisotopic (exact) mass is 283 g/mol. The molecule has 0 fully saturated rings. The molecule has 0 saturated heterocycles. The molecule has 1 N–H and O–H groups in total. The molecule has 1 aromatic rings. The first kappa shape index (κ1) is 16.9. The lowest BCUT2D eigenvalue weighted by molar-refractivity contribution is 0.111. The lowest BCUT2D eigenvalue weighted by Gasteiger charge is -2.19. The summed E-state index contributed by atoms with van der Waals surface area (Å²) in [4.78, 5) is 0. The van der Waals surface area contributed by atoms with Gasteiger partial charge in [0.25, 0.3) is 0 Å². The Balaban J connectivity index is 2.67. The standard InChI is InChI=1S/C16H26FNO2/c1-4-9-18-14(12-20-10-5-2)11-13-7-6-8-15(19-3)16(13)17/h6-8,14,18H,4-5,9-12H2,1-3H3. The molecule has 3 nitrogen and oxygen atoms in total. The summed E-state index contributed by atoms with van der Waals surface area (Å²) in [6.45, 7) is 6.44.